The van der Waals surface area contributed by atoms with Crippen molar-refractivity contribution in [2.24, 2.45) is 0 Å². The molecular formula is C10H10N2O3. The summed E-state index contributed by atoms with van der Waals surface area (Å²) in [6, 6.07) is 3.59. The summed E-state index contributed by atoms with van der Waals surface area (Å²) in [5.41, 5.74) is 0.697. The Kier molecular flexibility index (Phi) is 2.53. The first-order valence-corrected chi connectivity index (χ1v) is 4.53. The van der Waals surface area contributed by atoms with E-state index in [1.54, 1.807) is 18.5 Å². The van der Waals surface area contributed by atoms with Crippen molar-refractivity contribution in [3.05, 3.63) is 30.7 Å². The van der Waals surface area contributed by atoms with Crippen LogP contribution in [-0.4, -0.2) is 27.1 Å². The van der Waals surface area contributed by atoms with Crippen molar-refractivity contribution in [3.63, 3.8) is 0 Å². The van der Waals surface area contributed by atoms with Gasteiger partial charge in [-0.3, -0.25) is 4.79 Å². The maximum atomic E-state index is 10.3. The molecule has 0 spiro atoms. The lowest BCUT2D eigenvalue weighted by Gasteiger charge is -2.05. The third-order valence-electron chi connectivity index (χ3n) is 1.96. The molecule has 1 N–H and O–H groups in total. The standard InChI is InChI=1S/C10H10N2O3/c13-9(14)3-7-15-8-2-1-5-12-6-4-11-10(8)12/h1-2,4-6H,3,7H2,(H,13,14). The molecule has 0 aromatic carbocycles. The van der Waals surface area contributed by atoms with Gasteiger partial charge in [-0.05, 0) is 12.1 Å². The van der Waals surface area contributed by atoms with Crippen LogP contribution in [0.1, 0.15) is 6.42 Å². The molecule has 2 heterocycles. The second-order valence-electron chi connectivity index (χ2n) is 3.02. The molecule has 0 amide bonds. The van der Waals surface area contributed by atoms with E-state index in [-0.39, 0.29) is 13.0 Å². The fraction of sp³-hybridized carbons (Fsp3) is 0.200. The number of carboxylic acids is 1. The maximum Gasteiger partial charge on any atom is 0.306 e. The predicted octanol–water partition coefficient (Wildman–Crippen LogP) is 1.19. The molecule has 0 aliphatic rings. The van der Waals surface area contributed by atoms with Gasteiger partial charge in [-0.1, -0.05) is 0 Å². The number of aromatic nitrogens is 2. The van der Waals surface area contributed by atoms with Crippen LogP contribution in [0.3, 0.4) is 0 Å². The fourth-order valence-electron chi connectivity index (χ4n) is 1.28. The van der Waals surface area contributed by atoms with E-state index in [1.165, 1.54) is 0 Å². The Labute approximate surface area is 85.9 Å². The number of carboxylic acid groups (broad SMARTS) is 1. The van der Waals surface area contributed by atoms with Crippen molar-refractivity contribution < 1.29 is 14.6 Å². The summed E-state index contributed by atoms with van der Waals surface area (Å²) in [4.78, 5) is 14.4. The molecule has 0 saturated carbocycles. The summed E-state index contributed by atoms with van der Waals surface area (Å²) in [6.07, 6.45) is 5.31. The van der Waals surface area contributed by atoms with Crippen LogP contribution < -0.4 is 4.74 Å². The summed E-state index contributed by atoms with van der Waals surface area (Å²) >= 11 is 0. The molecular weight excluding hydrogens is 196 g/mol. The summed E-state index contributed by atoms with van der Waals surface area (Å²) < 4.78 is 7.14. The molecule has 5 heteroatoms. The van der Waals surface area contributed by atoms with Crippen LogP contribution in [0, 0.1) is 0 Å². The molecule has 78 valence electrons. The van der Waals surface area contributed by atoms with E-state index < -0.39 is 5.97 Å². The molecule has 5 nitrogen and oxygen atoms in total. The second-order valence-corrected chi connectivity index (χ2v) is 3.02. The van der Waals surface area contributed by atoms with Gasteiger partial charge in [0.2, 0.25) is 0 Å². The number of nitrogens with zero attached hydrogens (tertiary/aromatic N) is 2. The summed E-state index contributed by atoms with van der Waals surface area (Å²) in [5.74, 6) is -0.269. The average molecular weight is 206 g/mol. The second kappa shape index (κ2) is 4.00. The Morgan fingerprint density at radius 2 is 2.40 bits per heavy atom. The highest BCUT2D eigenvalue weighted by Gasteiger charge is 2.03. The van der Waals surface area contributed by atoms with Crippen LogP contribution >= 0.6 is 0 Å². The van der Waals surface area contributed by atoms with Crippen LogP contribution in [0.25, 0.3) is 5.65 Å². The third-order valence-corrected chi connectivity index (χ3v) is 1.96. The van der Waals surface area contributed by atoms with Gasteiger partial charge in [-0.2, -0.15) is 0 Å². The Hall–Kier alpha value is -2.04. The van der Waals surface area contributed by atoms with Gasteiger partial charge in [-0.15, -0.1) is 0 Å². The predicted molar refractivity (Wildman–Crippen MR) is 52.9 cm³/mol. The Balaban J connectivity index is 2.13. The van der Waals surface area contributed by atoms with E-state index in [0.717, 1.165) is 0 Å². The van der Waals surface area contributed by atoms with Gasteiger partial charge >= 0.3 is 5.97 Å². The molecule has 0 bridgehead atoms. The van der Waals surface area contributed by atoms with E-state index in [1.807, 2.05) is 16.7 Å². The number of carbonyl (C=O) groups is 1. The third kappa shape index (κ3) is 2.07. The van der Waals surface area contributed by atoms with Gasteiger partial charge < -0.3 is 14.2 Å². The summed E-state index contributed by atoms with van der Waals surface area (Å²) in [6.45, 7) is 0.155. The van der Waals surface area contributed by atoms with Gasteiger partial charge in [0.05, 0.1) is 13.0 Å². The number of fused-ring (bicyclic) bond motifs is 1. The van der Waals surface area contributed by atoms with E-state index in [9.17, 15) is 4.79 Å². The number of hydrogen-bond donors (Lipinski definition) is 1. The summed E-state index contributed by atoms with van der Waals surface area (Å²) in [7, 11) is 0. The number of pyridine rings is 1. The number of hydrogen-bond acceptors (Lipinski definition) is 3. The fourth-order valence-corrected chi connectivity index (χ4v) is 1.28. The van der Waals surface area contributed by atoms with Crippen LogP contribution in [0.15, 0.2) is 30.7 Å². The van der Waals surface area contributed by atoms with E-state index in [4.69, 9.17) is 9.84 Å². The quantitative estimate of drug-likeness (QED) is 0.816. The Morgan fingerprint density at radius 3 is 3.20 bits per heavy atom. The SMILES string of the molecule is O=C(O)CCOc1cccn2ccnc12. The molecule has 0 unspecified atom stereocenters. The molecule has 2 rings (SSSR count). The minimum absolute atomic E-state index is 0.0121. The van der Waals surface area contributed by atoms with Crippen molar-refractivity contribution >= 4 is 11.6 Å². The van der Waals surface area contributed by atoms with Crippen molar-refractivity contribution in [2.75, 3.05) is 6.61 Å². The molecule has 0 radical (unpaired) electrons. The highest BCUT2D eigenvalue weighted by Crippen LogP contribution is 2.17. The molecule has 15 heavy (non-hydrogen) atoms. The first-order chi connectivity index (χ1) is 7.27. The highest BCUT2D eigenvalue weighted by atomic mass is 16.5. The van der Waals surface area contributed by atoms with Gasteiger partial charge in [0, 0.05) is 18.6 Å². The van der Waals surface area contributed by atoms with Crippen molar-refractivity contribution in [1.29, 1.82) is 0 Å². The zero-order valence-corrected chi connectivity index (χ0v) is 7.96. The van der Waals surface area contributed by atoms with Gasteiger partial charge in [0.25, 0.3) is 0 Å². The van der Waals surface area contributed by atoms with Crippen LogP contribution in [-0.2, 0) is 4.79 Å². The van der Waals surface area contributed by atoms with Crippen molar-refractivity contribution in [1.82, 2.24) is 9.38 Å². The lowest BCUT2D eigenvalue weighted by atomic mass is 10.4. The normalized spacial score (nSPS) is 10.4. The van der Waals surface area contributed by atoms with Gasteiger partial charge in [0.15, 0.2) is 11.4 Å². The molecule has 2 aromatic heterocycles. The molecule has 0 atom stereocenters. The zero-order valence-electron chi connectivity index (χ0n) is 7.96. The maximum absolute atomic E-state index is 10.3. The van der Waals surface area contributed by atoms with Crippen molar-refractivity contribution in [2.45, 2.75) is 6.42 Å². The first-order valence-electron chi connectivity index (χ1n) is 4.53. The molecule has 0 aliphatic carbocycles. The minimum Gasteiger partial charge on any atom is -0.489 e. The molecule has 0 aliphatic heterocycles. The highest BCUT2D eigenvalue weighted by molar-refractivity contribution is 5.66. The first kappa shape index (κ1) is 9.51. The smallest absolute Gasteiger partial charge is 0.306 e. The van der Waals surface area contributed by atoms with Crippen LogP contribution in [0.5, 0.6) is 5.75 Å². The average Bonchev–Trinajstić information content (AvgIpc) is 2.65. The Morgan fingerprint density at radius 1 is 1.53 bits per heavy atom. The van der Waals surface area contributed by atoms with E-state index in [2.05, 4.69) is 4.98 Å². The molecule has 0 saturated heterocycles. The van der Waals surface area contributed by atoms with E-state index >= 15 is 0 Å². The largest absolute Gasteiger partial charge is 0.489 e. The molecule has 2 aromatic rings. The Bertz CT molecular complexity index is 478. The van der Waals surface area contributed by atoms with Crippen LogP contribution in [0.2, 0.25) is 0 Å². The molecule has 0 fully saturated rings. The minimum atomic E-state index is -0.870. The van der Waals surface area contributed by atoms with Crippen LogP contribution in [0.4, 0.5) is 0 Å². The lowest BCUT2D eigenvalue weighted by molar-refractivity contribution is -0.137. The summed E-state index contributed by atoms with van der Waals surface area (Å²) in [5, 5.41) is 8.46. The van der Waals surface area contributed by atoms with Gasteiger partial charge in [-0.25, -0.2) is 4.98 Å². The number of imidazole rings is 1. The number of aliphatic carboxylic acids is 1. The number of rotatable bonds is 4. The topological polar surface area (TPSA) is 63.8 Å². The lowest BCUT2D eigenvalue weighted by Crippen LogP contribution is -2.05. The monoisotopic (exact) mass is 206 g/mol. The number of ether oxygens (including phenoxy) is 1. The zero-order chi connectivity index (χ0) is 10.7. The van der Waals surface area contributed by atoms with E-state index in [0.29, 0.717) is 11.4 Å². The van der Waals surface area contributed by atoms with Gasteiger partial charge in [0.1, 0.15) is 0 Å². The van der Waals surface area contributed by atoms with Crippen molar-refractivity contribution in [3.8, 4) is 5.75 Å².